The van der Waals surface area contributed by atoms with E-state index in [4.69, 9.17) is 5.26 Å². The number of amides is 2. The van der Waals surface area contributed by atoms with Gasteiger partial charge in [-0.15, -0.1) is 0 Å². The third-order valence-electron chi connectivity index (χ3n) is 6.56. The Morgan fingerprint density at radius 2 is 1.79 bits per heavy atom. The summed E-state index contributed by atoms with van der Waals surface area (Å²) in [4.78, 5) is 30.4. The van der Waals surface area contributed by atoms with Gasteiger partial charge in [0.25, 0.3) is 11.8 Å². The van der Waals surface area contributed by atoms with Crippen LogP contribution in [0.2, 0.25) is 0 Å². The summed E-state index contributed by atoms with van der Waals surface area (Å²) in [5.41, 5.74) is 5.90. The minimum absolute atomic E-state index is 0.205. The molecule has 0 unspecified atom stereocenters. The van der Waals surface area contributed by atoms with Crippen LogP contribution in [-0.2, 0) is 19.5 Å². The zero-order chi connectivity index (χ0) is 26.6. The van der Waals surface area contributed by atoms with E-state index in [0.717, 1.165) is 24.2 Å². The molecule has 1 N–H and O–H groups in total. The first-order chi connectivity index (χ1) is 18.4. The van der Waals surface area contributed by atoms with Crippen LogP contribution in [0, 0.1) is 11.3 Å². The van der Waals surface area contributed by atoms with Crippen molar-refractivity contribution in [1.82, 2.24) is 14.7 Å². The van der Waals surface area contributed by atoms with Crippen molar-refractivity contribution in [3.05, 3.63) is 113 Å². The second-order valence-corrected chi connectivity index (χ2v) is 9.58. The van der Waals surface area contributed by atoms with Gasteiger partial charge in [0.15, 0.2) is 0 Å². The Labute approximate surface area is 221 Å². The van der Waals surface area contributed by atoms with E-state index < -0.39 is 5.91 Å². The Morgan fingerprint density at radius 3 is 2.53 bits per heavy atom. The molecule has 1 aliphatic rings. The van der Waals surface area contributed by atoms with Gasteiger partial charge in [-0.3, -0.25) is 14.3 Å². The Morgan fingerprint density at radius 1 is 1.03 bits per heavy atom. The van der Waals surface area contributed by atoms with Gasteiger partial charge in [-0.2, -0.15) is 10.4 Å². The third kappa shape index (κ3) is 5.19. The molecule has 2 amide bonds. The fraction of sp³-hybridized carbons (Fsp3) is 0.200. The predicted octanol–water partition coefficient (Wildman–Crippen LogP) is 4.32. The number of nitrogens with zero attached hydrogens (tertiary/aromatic N) is 5. The number of fused-ring (bicyclic) bond motifs is 1. The van der Waals surface area contributed by atoms with E-state index in [1.165, 1.54) is 17.3 Å². The van der Waals surface area contributed by atoms with Gasteiger partial charge in [-0.05, 0) is 67.5 Å². The molecule has 0 saturated carbocycles. The van der Waals surface area contributed by atoms with Crippen LogP contribution in [0.4, 0.5) is 11.4 Å². The van der Waals surface area contributed by atoms with E-state index in [-0.39, 0.29) is 17.2 Å². The Balaban J connectivity index is 1.33. The van der Waals surface area contributed by atoms with Crippen molar-refractivity contribution >= 4 is 23.2 Å². The summed E-state index contributed by atoms with van der Waals surface area (Å²) in [6.07, 6.45) is 2.23. The first-order valence-electron chi connectivity index (χ1n) is 12.4. The van der Waals surface area contributed by atoms with E-state index in [9.17, 15) is 9.59 Å². The summed E-state index contributed by atoms with van der Waals surface area (Å²) in [6.45, 7) is 1.83. The van der Waals surface area contributed by atoms with Crippen LogP contribution in [0.1, 0.15) is 43.1 Å². The highest BCUT2D eigenvalue weighted by atomic mass is 16.2. The maximum Gasteiger partial charge on any atom is 0.277 e. The highest BCUT2D eigenvalue weighted by Crippen LogP contribution is 2.25. The predicted molar refractivity (Wildman–Crippen MR) is 146 cm³/mol. The molecule has 190 valence electrons. The van der Waals surface area contributed by atoms with Crippen LogP contribution in [-0.4, -0.2) is 47.1 Å². The van der Waals surface area contributed by atoms with E-state index in [2.05, 4.69) is 71.9 Å². The summed E-state index contributed by atoms with van der Waals surface area (Å²) in [5.74, 6) is -0.711. The smallest absolute Gasteiger partial charge is 0.277 e. The number of anilines is 2. The molecule has 8 heteroatoms. The molecule has 0 aliphatic carbocycles. The van der Waals surface area contributed by atoms with Gasteiger partial charge in [0.05, 0.1) is 29.9 Å². The first-order valence-corrected chi connectivity index (χ1v) is 12.4. The van der Waals surface area contributed by atoms with Crippen LogP contribution < -0.4 is 10.2 Å². The molecule has 1 aromatic heterocycles. The zero-order valence-corrected chi connectivity index (χ0v) is 21.4. The lowest BCUT2D eigenvalue weighted by molar-refractivity contribution is 0.0947. The van der Waals surface area contributed by atoms with Gasteiger partial charge in [0.1, 0.15) is 5.69 Å². The lowest BCUT2D eigenvalue weighted by atomic mass is 9.99. The molecule has 0 bridgehead atoms. The van der Waals surface area contributed by atoms with Crippen molar-refractivity contribution in [2.45, 2.75) is 19.5 Å². The van der Waals surface area contributed by atoms with E-state index in [0.29, 0.717) is 24.3 Å². The molecule has 3 aromatic carbocycles. The Bertz CT molecular complexity index is 1530. The van der Waals surface area contributed by atoms with E-state index in [1.54, 1.807) is 33.8 Å². The zero-order valence-electron chi connectivity index (χ0n) is 21.4. The Kier molecular flexibility index (Phi) is 7.03. The van der Waals surface area contributed by atoms with E-state index >= 15 is 0 Å². The maximum atomic E-state index is 13.5. The molecule has 0 fully saturated rings. The summed E-state index contributed by atoms with van der Waals surface area (Å²) in [7, 11) is 4.13. The normalized spacial score (nSPS) is 12.8. The highest BCUT2D eigenvalue weighted by Gasteiger charge is 2.32. The Hall–Kier alpha value is -4.74. The number of carbonyl (C=O) groups excluding carboxylic acids is 2. The number of hydrogen-bond donors (Lipinski definition) is 1. The van der Waals surface area contributed by atoms with Crippen LogP contribution in [0.25, 0.3) is 0 Å². The molecule has 5 rings (SSSR count). The van der Waals surface area contributed by atoms with Gasteiger partial charge in [0, 0.05) is 24.5 Å². The fourth-order valence-corrected chi connectivity index (χ4v) is 4.72. The van der Waals surface area contributed by atoms with Crippen LogP contribution >= 0.6 is 0 Å². The third-order valence-corrected chi connectivity index (χ3v) is 6.56. The average Bonchev–Trinajstić information content (AvgIpc) is 3.36. The monoisotopic (exact) mass is 504 g/mol. The number of carbonyl (C=O) groups is 2. The molecular formula is C30H28N6O2. The summed E-state index contributed by atoms with van der Waals surface area (Å²) in [6, 6.07) is 25.2. The van der Waals surface area contributed by atoms with Crippen molar-refractivity contribution in [2.24, 2.45) is 0 Å². The first kappa shape index (κ1) is 24.9. The van der Waals surface area contributed by atoms with E-state index in [1.807, 2.05) is 12.1 Å². The molecule has 0 radical (unpaired) electrons. The fourth-order valence-electron chi connectivity index (χ4n) is 4.72. The molecule has 4 aromatic rings. The SMILES string of the molecule is CN(C)Cc1ccccc1Cc1ccc(N2CCn3ncc(C(=O)Nc4cccc(C#N)c4)c3C2=O)cc1. The van der Waals surface area contributed by atoms with Crippen LogP contribution in [0.3, 0.4) is 0 Å². The molecule has 8 nitrogen and oxygen atoms in total. The van der Waals surface area contributed by atoms with Gasteiger partial charge >= 0.3 is 0 Å². The number of rotatable bonds is 7. The van der Waals surface area contributed by atoms with Crippen molar-refractivity contribution in [3.8, 4) is 6.07 Å². The van der Waals surface area contributed by atoms with Crippen molar-refractivity contribution in [3.63, 3.8) is 0 Å². The second-order valence-electron chi connectivity index (χ2n) is 9.58. The van der Waals surface area contributed by atoms with Crippen LogP contribution in [0.5, 0.6) is 0 Å². The molecule has 0 saturated heterocycles. The summed E-state index contributed by atoms with van der Waals surface area (Å²) >= 11 is 0. The lowest BCUT2D eigenvalue weighted by Crippen LogP contribution is -2.41. The molecular weight excluding hydrogens is 476 g/mol. The lowest BCUT2D eigenvalue weighted by Gasteiger charge is -2.28. The van der Waals surface area contributed by atoms with Gasteiger partial charge in [-0.1, -0.05) is 42.5 Å². The topological polar surface area (TPSA) is 94.3 Å². The van der Waals surface area contributed by atoms with Crippen molar-refractivity contribution in [2.75, 3.05) is 30.9 Å². The average molecular weight is 505 g/mol. The maximum absolute atomic E-state index is 13.5. The number of benzene rings is 3. The van der Waals surface area contributed by atoms with Gasteiger partial charge in [0.2, 0.25) is 0 Å². The molecule has 0 atom stereocenters. The second kappa shape index (κ2) is 10.7. The number of nitrogens with one attached hydrogen (secondary N) is 1. The quantitative estimate of drug-likeness (QED) is 0.405. The molecule has 1 aliphatic heterocycles. The largest absolute Gasteiger partial charge is 0.322 e. The minimum Gasteiger partial charge on any atom is -0.322 e. The molecule has 38 heavy (non-hydrogen) atoms. The van der Waals surface area contributed by atoms with Gasteiger partial charge < -0.3 is 15.1 Å². The molecule has 2 heterocycles. The molecule has 0 spiro atoms. The number of nitriles is 1. The van der Waals surface area contributed by atoms with Gasteiger partial charge in [-0.25, -0.2) is 0 Å². The highest BCUT2D eigenvalue weighted by molar-refractivity contribution is 6.15. The van der Waals surface area contributed by atoms with Crippen molar-refractivity contribution < 1.29 is 9.59 Å². The number of aromatic nitrogens is 2. The number of hydrogen-bond acceptors (Lipinski definition) is 5. The van der Waals surface area contributed by atoms with Crippen molar-refractivity contribution in [1.29, 1.82) is 5.26 Å². The summed E-state index contributed by atoms with van der Waals surface area (Å²) < 4.78 is 1.58. The minimum atomic E-state index is -0.441. The summed E-state index contributed by atoms with van der Waals surface area (Å²) in [5, 5.41) is 16.2. The standard InChI is InChI=1S/C30H28N6O2/c1-34(2)20-24-8-4-3-7-23(24)16-21-10-12-26(13-11-21)35-14-15-36-28(30(35)38)27(19-32-36)29(37)33-25-9-5-6-22(17-25)18-31/h3-13,17,19H,14-16,20H2,1-2H3,(H,33,37). The van der Waals surface area contributed by atoms with Crippen LogP contribution in [0.15, 0.2) is 79.0 Å².